The maximum Gasteiger partial charge on any atom is 0.249 e. The zero-order valence-electron chi connectivity index (χ0n) is 18.3. The van der Waals surface area contributed by atoms with E-state index in [0.29, 0.717) is 6.04 Å². The Morgan fingerprint density at radius 2 is 1.74 bits per heavy atom. The van der Waals surface area contributed by atoms with Gasteiger partial charge in [0, 0.05) is 51.7 Å². The first-order valence-electron chi connectivity index (χ1n) is 11.4. The van der Waals surface area contributed by atoms with Crippen molar-refractivity contribution in [1.82, 2.24) is 19.9 Å². The summed E-state index contributed by atoms with van der Waals surface area (Å²) in [6.07, 6.45) is 12.6. The number of carbonyl (C=O) groups is 1. The summed E-state index contributed by atoms with van der Waals surface area (Å²) in [6.45, 7) is 5.44. The van der Waals surface area contributed by atoms with Crippen LogP contribution in [0, 0.1) is 0 Å². The monoisotopic (exact) mass is 422 g/mol. The van der Waals surface area contributed by atoms with Gasteiger partial charge in [-0.2, -0.15) is 4.98 Å². The summed E-state index contributed by atoms with van der Waals surface area (Å²) in [5.41, 5.74) is 0.823. The van der Waals surface area contributed by atoms with Crippen LogP contribution in [0.25, 0.3) is 0 Å². The third kappa shape index (κ3) is 3.55. The normalized spacial score (nSPS) is 22.3. The van der Waals surface area contributed by atoms with Gasteiger partial charge in [-0.15, -0.1) is 0 Å². The largest absolute Gasteiger partial charge is 0.352 e. The molecule has 9 heteroatoms. The summed E-state index contributed by atoms with van der Waals surface area (Å²) >= 11 is 0. The molecule has 1 unspecified atom stereocenters. The molecular formula is C22H30N8O. The number of rotatable bonds is 4. The summed E-state index contributed by atoms with van der Waals surface area (Å²) in [5.74, 6) is 2.73. The molecule has 1 aliphatic carbocycles. The van der Waals surface area contributed by atoms with E-state index in [1.54, 1.807) is 17.3 Å². The first kappa shape index (κ1) is 20.0. The summed E-state index contributed by atoms with van der Waals surface area (Å²) in [7, 11) is 1.85. The van der Waals surface area contributed by atoms with E-state index in [0.717, 1.165) is 68.7 Å². The molecule has 2 aromatic rings. The highest BCUT2D eigenvalue weighted by Crippen LogP contribution is 2.40. The number of likely N-dealkylation sites (N-methyl/N-ethyl adjacent to an activating group) is 1. The Bertz CT molecular complexity index is 924. The number of piperazine rings is 1. The lowest BCUT2D eigenvalue weighted by molar-refractivity contribution is -0.120. The van der Waals surface area contributed by atoms with Crippen molar-refractivity contribution in [2.75, 3.05) is 52.8 Å². The quantitative estimate of drug-likeness (QED) is 0.741. The first-order valence-corrected chi connectivity index (χ1v) is 11.4. The molecule has 3 aliphatic rings. The Hall–Kier alpha value is -2.97. The number of anilines is 4. The van der Waals surface area contributed by atoms with E-state index in [9.17, 15) is 4.79 Å². The standard InChI is InChI=1S/C22H30N8O/c1-3-17-21(31)27(2)18-14-25-22(26-20(18)30(17)16-6-4-5-7-16)29-12-10-28(11-13-29)19-15-23-8-9-24-19/h8-9,14-17H,3-7,10-13H2,1-2H3. The summed E-state index contributed by atoms with van der Waals surface area (Å²) in [5, 5.41) is 0. The first-order chi connectivity index (χ1) is 15.2. The fraction of sp³-hybridized carbons (Fsp3) is 0.591. The topological polar surface area (TPSA) is 81.6 Å². The Morgan fingerprint density at radius 3 is 2.42 bits per heavy atom. The molecule has 0 radical (unpaired) electrons. The van der Waals surface area contributed by atoms with Crippen LogP contribution in [0.1, 0.15) is 39.0 Å². The van der Waals surface area contributed by atoms with Gasteiger partial charge in [-0.05, 0) is 19.3 Å². The molecule has 0 aromatic carbocycles. The smallest absolute Gasteiger partial charge is 0.249 e. The van der Waals surface area contributed by atoms with Gasteiger partial charge in [0.2, 0.25) is 11.9 Å². The van der Waals surface area contributed by atoms with Gasteiger partial charge in [-0.25, -0.2) is 9.97 Å². The molecule has 5 rings (SSSR count). The van der Waals surface area contributed by atoms with Gasteiger partial charge in [0.1, 0.15) is 17.5 Å². The molecule has 1 saturated carbocycles. The zero-order valence-corrected chi connectivity index (χ0v) is 18.3. The molecule has 1 saturated heterocycles. The van der Waals surface area contributed by atoms with E-state index in [-0.39, 0.29) is 11.9 Å². The average molecular weight is 423 g/mol. The SMILES string of the molecule is CCC1C(=O)N(C)c2cnc(N3CCN(c4cnccn4)CC3)nc2N1C1CCCC1. The second-order valence-corrected chi connectivity index (χ2v) is 8.58. The minimum absolute atomic E-state index is 0.142. The minimum atomic E-state index is -0.142. The highest BCUT2D eigenvalue weighted by molar-refractivity contribution is 6.04. The molecular weight excluding hydrogens is 392 g/mol. The summed E-state index contributed by atoms with van der Waals surface area (Å²) in [4.78, 5) is 39.9. The van der Waals surface area contributed by atoms with Crippen molar-refractivity contribution < 1.29 is 4.79 Å². The fourth-order valence-electron chi connectivity index (χ4n) is 5.12. The van der Waals surface area contributed by atoms with Crippen LogP contribution in [0.5, 0.6) is 0 Å². The fourth-order valence-corrected chi connectivity index (χ4v) is 5.12. The molecule has 0 bridgehead atoms. The van der Waals surface area contributed by atoms with Crippen molar-refractivity contribution in [2.24, 2.45) is 0 Å². The maximum absolute atomic E-state index is 13.0. The predicted octanol–water partition coefficient (Wildman–Crippen LogP) is 2.10. The number of amides is 1. The number of hydrogen-bond acceptors (Lipinski definition) is 8. The van der Waals surface area contributed by atoms with Crippen molar-refractivity contribution in [1.29, 1.82) is 0 Å². The van der Waals surface area contributed by atoms with E-state index < -0.39 is 0 Å². The van der Waals surface area contributed by atoms with Crippen molar-refractivity contribution in [3.63, 3.8) is 0 Å². The molecule has 1 amide bonds. The zero-order chi connectivity index (χ0) is 21.4. The third-order valence-corrected chi connectivity index (χ3v) is 6.84. The minimum Gasteiger partial charge on any atom is -0.352 e. The number of fused-ring (bicyclic) bond motifs is 1. The van der Waals surface area contributed by atoms with Crippen LogP contribution >= 0.6 is 0 Å². The van der Waals surface area contributed by atoms with Crippen LogP contribution in [-0.2, 0) is 4.79 Å². The Kier molecular flexibility index (Phi) is 5.33. The van der Waals surface area contributed by atoms with Crippen molar-refractivity contribution in [3.8, 4) is 0 Å². The van der Waals surface area contributed by atoms with Gasteiger partial charge in [0.25, 0.3) is 0 Å². The molecule has 164 valence electrons. The number of aromatic nitrogens is 4. The van der Waals surface area contributed by atoms with Crippen LogP contribution in [0.4, 0.5) is 23.3 Å². The van der Waals surface area contributed by atoms with E-state index >= 15 is 0 Å². The van der Waals surface area contributed by atoms with Crippen LogP contribution in [0.3, 0.4) is 0 Å². The van der Waals surface area contributed by atoms with Crippen LogP contribution in [-0.4, -0.2) is 71.2 Å². The molecule has 0 spiro atoms. The molecule has 4 heterocycles. The van der Waals surface area contributed by atoms with Gasteiger partial charge in [0.05, 0.1) is 12.4 Å². The molecule has 2 aliphatic heterocycles. The van der Waals surface area contributed by atoms with Crippen LogP contribution in [0.15, 0.2) is 24.8 Å². The van der Waals surface area contributed by atoms with E-state index in [2.05, 4.69) is 36.6 Å². The average Bonchev–Trinajstić information content (AvgIpc) is 3.36. The van der Waals surface area contributed by atoms with Crippen LogP contribution < -0.4 is 19.6 Å². The lowest BCUT2D eigenvalue weighted by Gasteiger charge is -2.44. The Morgan fingerprint density at radius 1 is 1.00 bits per heavy atom. The van der Waals surface area contributed by atoms with Gasteiger partial charge >= 0.3 is 0 Å². The third-order valence-electron chi connectivity index (χ3n) is 6.84. The second-order valence-electron chi connectivity index (χ2n) is 8.58. The number of hydrogen-bond donors (Lipinski definition) is 0. The second kappa shape index (κ2) is 8.28. The Balaban J connectivity index is 1.41. The van der Waals surface area contributed by atoms with Gasteiger partial charge in [-0.1, -0.05) is 19.8 Å². The Labute approximate surface area is 183 Å². The van der Waals surface area contributed by atoms with Gasteiger partial charge in [0.15, 0.2) is 5.82 Å². The molecule has 1 atom stereocenters. The van der Waals surface area contributed by atoms with Crippen molar-refractivity contribution in [3.05, 3.63) is 24.8 Å². The molecule has 2 fully saturated rings. The van der Waals surface area contributed by atoms with Gasteiger partial charge < -0.3 is 19.6 Å². The maximum atomic E-state index is 13.0. The van der Waals surface area contributed by atoms with Crippen molar-refractivity contribution >= 4 is 29.2 Å². The van der Waals surface area contributed by atoms with Gasteiger partial charge in [-0.3, -0.25) is 9.78 Å². The molecule has 0 N–H and O–H groups in total. The molecule has 31 heavy (non-hydrogen) atoms. The summed E-state index contributed by atoms with van der Waals surface area (Å²) in [6, 6.07) is 0.245. The lowest BCUT2D eigenvalue weighted by atomic mass is 10.0. The van der Waals surface area contributed by atoms with Crippen LogP contribution in [0.2, 0.25) is 0 Å². The number of carbonyl (C=O) groups excluding carboxylic acids is 1. The highest BCUT2D eigenvalue weighted by Gasteiger charge is 2.41. The van der Waals surface area contributed by atoms with E-state index in [4.69, 9.17) is 4.98 Å². The van der Waals surface area contributed by atoms with E-state index in [1.165, 1.54) is 12.8 Å². The number of nitrogens with zero attached hydrogens (tertiary/aromatic N) is 8. The summed E-state index contributed by atoms with van der Waals surface area (Å²) < 4.78 is 0. The predicted molar refractivity (Wildman–Crippen MR) is 121 cm³/mol. The van der Waals surface area contributed by atoms with E-state index in [1.807, 2.05) is 19.4 Å². The molecule has 9 nitrogen and oxygen atoms in total. The lowest BCUT2D eigenvalue weighted by Crippen LogP contribution is -2.56. The highest BCUT2D eigenvalue weighted by atomic mass is 16.2. The van der Waals surface area contributed by atoms with Crippen molar-refractivity contribution in [2.45, 2.75) is 51.1 Å². The molecule has 2 aromatic heterocycles.